The highest BCUT2D eigenvalue weighted by atomic mass is 16.5. The van der Waals surface area contributed by atoms with Crippen molar-refractivity contribution in [2.75, 3.05) is 20.2 Å². The largest absolute Gasteiger partial charge is 0.497 e. The normalized spacial score (nSPS) is 14.4. The monoisotopic (exact) mass is 239 g/mol. The van der Waals surface area contributed by atoms with Crippen molar-refractivity contribution in [2.45, 2.75) is 25.6 Å². The number of aliphatic hydroxyl groups is 2. The number of hydrogen-bond donors (Lipinski definition) is 3. The summed E-state index contributed by atoms with van der Waals surface area (Å²) in [6.07, 6.45) is -0.180. The van der Waals surface area contributed by atoms with Crippen molar-refractivity contribution < 1.29 is 14.9 Å². The van der Waals surface area contributed by atoms with Gasteiger partial charge in [0.05, 0.1) is 19.3 Å². The van der Waals surface area contributed by atoms with E-state index in [1.54, 1.807) is 14.0 Å². The van der Waals surface area contributed by atoms with Gasteiger partial charge in [-0.05, 0) is 37.6 Å². The molecule has 0 aliphatic heterocycles. The number of methoxy groups -OCH3 is 1. The van der Waals surface area contributed by atoms with Gasteiger partial charge in [0.2, 0.25) is 0 Å². The third-order valence-electron chi connectivity index (χ3n) is 2.56. The van der Waals surface area contributed by atoms with Gasteiger partial charge in [0.25, 0.3) is 0 Å². The highest BCUT2D eigenvalue weighted by Crippen LogP contribution is 2.18. The van der Waals surface area contributed by atoms with Gasteiger partial charge < -0.3 is 20.3 Å². The van der Waals surface area contributed by atoms with Crippen LogP contribution in [0.2, 0.25) is 0 Å². The average Bonchev–Trinajstić information content (AvgIpc) is 2.34. The van der Waals surface area contributed by atoms with Crippen molar-refractivity contribution >= 4 is 0 Å². The van der Waals surface area contributed by atoms with Crippen LogP contribution in [0.15, 0.2) is 24.3 Å². The van der Waals surface area contributed by atoms with E-state index in [4.69, 9.17) is 9.84 Å². The van der Waals surface area contributed by atoms with Gasteiger partial charge in [-0.1, -0.05) is 12.1 Å². The molecule has 0 saturated carbocycles. The molecule has 2 unspecified atom stereocenters. The lowest BCUT2D eigenvalue weighted by atomic mass is 10.1. The van der Waals surface area contributed by atoms with Crippen LogP contribution in [-0.2, 0) is 0 Å². The van der Waals surface area contributed by atoms with Crippen LogP contribution in [0.5, 0.6) is 5.75 Å². The van der Waals surface area contributed by atoms with Gasteiger partial charge in [-0.25, -0.2) is 0 Å². The molecule has 0 amide bonds. The molecule has 3 N–H and O–H groups in total. The Balaban J connectivity index is 2.38. The predicted octanol–water partition coefficient (Wildman–Crippen LogP) is 1.09. The molecule has 0 fully saturated rings. The summed E-state index contributed by atoms with van der Waals surface area (Å²) in [4.78, 5) is 0. The molecule has 0 radical (unpaired) electrons. The number of rotatable bonds is 7. The summed E-state index contributed by atoms with van der Waals surface area (Å²) in [7, 11) is 1.60. The molecule has 0 saturated heterocycles. The second-order valence-electron chi connectivity index (χ2n) is 4.13. The standard InChI is InChI=1S/C13H21NO3/c1-10(15)6-7-14-9-13(16)11-4-3-5-12(8-11)17-2/h3-5,8,10,13-16H,6-7,9H2,1-2H3. The number of ether oxygens (including phenoxy) is 1. The molecular weight excluding hydrogens is 218 g/mol. The SMILES string of the molecule is COc1cccc(C(O)CNCCC(C)O)c1. The van der Waals surface area contributed by atoms with Crippen molar-refractivity contribution in [3.63, 3.8) is 0 Å². The average molecular weight is 239 g/mol. The predicted molar refractivity (Wildman–Crippen MR) is 67.1 cm³/mol. The highest BCUT2D eigenvalue weighted by Gasteiger charge is 2.07. The quantitative estimate of drug-likeness (QED) is 0.623. The lowest BCUT2D eigenvalue weighted by molar-refractivity contribution is 0.162. The Morgan fingerprint density at radius 3 is 2.76 bits per heavy atom. The Kier molecular flexibility index (Phi) is 5.97. The molecule has 96 valence electrons. The Bertz CT molecular complexity index is 328. The molecule has 0 aliphatic carbocycles. The fraction of sp³-hybridized carbons (Fsp3) is 0.538. The molecule has 2 atom stereocenters. The molecule has 0 aliphatic rings. The van der Waals surface area contributed by atoms with Gasteiger partial charge in [0.1, 0.15) is 5.75 Å². The van der Waals surface area contributed by atoms with E-state index in [9.17, 15) is 5.11 Å². The van der Waals surface area contributed by atoms with Crippen LogP contribution in [-0.4, -0.2) is 36.5 Å². The van der Waals surface area contributed by atoms with Gasteiger partial charge in [-0.3, -0.25) is 0 Å². The molecule has 0 aromatic heterocycles. The van der Waals surface area contributed by atoms with Crippen molar-refractivity contribution in [1.29, 1.82) is 0 Å². The van der Waals surface area contributed by atoms with Gasteiger partial charge in [-0.15, -0.1) is 0 Å². The molecule has 0 bridgehead atoms. The summed E-state index contributed by atoms with van der Waals surface area (Å²) in [6.45, 7) is 2.92. The zero-order valence-corrected chi connectivity index (χ0v) is 10.4. The van der Waals surface area contributed by atoms with Crippen LogP contribution >= 0.6 is 0 Å². The second kappa shape index (κ2) is 7.27. The van der Waals surface area contributed by atoms with Gasteiger partial charge in [0, 0.05) is 6.54 Å². The lowest BCUT2D eigenvalue weighted by Crippen LogP contribution is -2.24. The Labute approximate surface area is 102 Å². The Morgan fingerprint density at radius 2 is 2.12 bits per heavy atom. The maximum atomic E-state index is 9.93. The zero-order chi connectivity index (χ0) is 12.7. The van der Waals surface area contributed by atoms with Crippen LogP contribution in [0.3, 0.4) is 0 Å². The number of aliphatic hydroxyl groups excluding tert-OH is 2. The number of nitrogens with one attached hydrogen (secondary N) is 1. The third-order valence-corrected chi connectivity index (χ3v) is 2.56. The van der Waals surface area contributed by atoms with E-state index in [1.165, 1.54) is 0 Å². The third kappa shape index (κ3) is 5.17. The minimum Gasteiger partial charge on any atom is -0.497 e. The van der Waals surface area contributed by atoms with E-state index in [1.807, 2.05) is 24.3 Å². The van der Waals surface area contributed by atoms with Crippen molar-refractivity contribution in [1.82, 2.24) is 5.32 Å². The van der Waals surface area contributed by atoms with Crippen molar-refractivity contribution in [2.24, 2.45) is 0 Å². The Morgan fingerprint density at radius 1 is 1.35 bits per heavy atom. The van der Waals surface area contributed by atoms with Crippen LogP contribution in [0.4, 0.5) is 0 Å². The van der Waals surface area contributed by atoms with Crippen molar-refractivity contribution in [3.05, 3.63) is 29.8 Å². The maximum absolute atomic E-state index is 9.93. The summed E-state index contributed by atoms with van der Waals surface area (Å²) < 4.78 is 5.10. The summed E-state index contributed by atoms with van der Waals surface area (Å²) in [5.74, 6) is 0.741. The molecule has 4 nitrogen and oxygen atoms in total. The Hall–Kier alpha value is -1.10. The van der Waals surface area contributed by atoms with E-state index in [0.29, 0.717) is 19.5 Å². The molecule has 1 aromatic rings. The number of hydrogen-bond acceptors (Lipinski definition) is 4. The van der Waals surface area contributed by atoms with E-state index in [0.717, 1.165) is 11.3 Å². The minimum absolute atomic E-state index is 0.309. The van der Waals surface area contributed by atoms with Gasteiger partial charge in [-0.2, -0.15) is 0 Å². The van der Waals surface area contributed by atoms with E-state index >= 15 is 0 Å². The summed E-state index contributed by atoms with van der Waals surface area (Å²) in [5.41, 5.74) is 0.828. The topological polar surface area (TPSA) is 61.7 Å². The summed E-state index contributed by atoms with van der Waals surface area (Å²) in [6, 6.07) is 7.38. The molecule has 1 aromatic carbocycles. The van der Waals surface area contributed by atoms with E-state index in [-0.39, 0.29) is 6.10 Å². The first-order valence-corrected chi connectivity index (χ1v) is 5.84. The van der Waals surface area contributed by atoms with Crippen molar-refractivity contribution in [3.8, 4) is 5.75 Å². The van der Waals surface area contributed by atoms with Crippen LogP contribution in [0, 0.1) is 0 Å². The number of benzene rings is 1. The fourth-order valence-corrected chi connectivity index (χ4v) is 1.52. The minimum atomic E-state index is -0.556. The smallest absolute Gasteiger partial charge is 0.119 e. The zero-order valence-electron chi connectivity index (χ0n) is 10.4. The molecule has 1 rings (SSSR count). The first-order chi connectivity index (χ1) is 8.13. The first kappa shape index (κ1) is 14.0. The maximum Gasteiger partial charge on any atom is 0.119 e. The molecule has 4 heteroatoms. The van der Waals surface area contributed by atoms with Crippen LogP contribution in [0.1, 0.15) is 25.0 Å². The van der Waals surface area contributed by atoms with E-state index in [2.05, 4.69) is 5.32 Å². The van der Waals surface area contributed by atoms with Gasteiger partial charge in [0.15, 0.2) is 0 Å². The van der Waals surface area contributed by atoms with Gasteiger partial charge >= 0.3 is 0 Å². The summed E-state index contributed by atoms with van der Waals surface area (Å²) >= 11 is 0. The lowest BCUT2D eigenvalue weighted by Gasteiger charge is -2.13. The van der Waals surface area contributed by atoms with E-state index < -0.39 is 6.10 Å². The van der Waals surface area contributed by atoms with Crippen LogP contribution < -0.4 is 10.1 Å². The summed E-state index contributed by atoms with van der Waals surface area (Å²) in [5, 5.41) is 22.1. The fourth-order valence-electron chi connectivity index (χ4n) is 1.52. The first-order valence-electron chi connectivity index (χ1n) is 5.84. The molecular formula is C13H21NO3. The molecule has 0 heterocycles. The molecule has 17 heavy (non-hydrogen) atoms. The highest BCUT2D eigenvalue weighted by molar-refractivity contribution is 5.29. The second-order valence-corrected chi connectivity index (χ2v) is 4.13. The van der Waals surface area contributed by atoms with Crippen LogP contribution in [0.25, 0.3) is 0 Å². The molecule has 0 spiro atoms.